The standard InChI is InChI=1S/C8H18O.H2O4S.Zn/c1-2-3-4-5-6-7-8-9;1-5(2,3)4;/h9H,2-8H2,1H3;(H2,1,2,3,4);. The molecule has 90 valence electrons. The van der Waals surface area contributed by atoms with Gasteiger partial charge in [-0.3, -0.25) is 9.11 Å². The van der Waals surface area contributed by atoms with E-state index in [1.54, 1.807) is 0 Å². The molecule has 0 radical (unpaired) electrons. The van der Waals surface area contributed by atoms with Crippen molar-refractivity contribution in [2.45, 2.75) is 45.4 Å². The Hall–Kier alpha value is 0.453. The quantitative estimate of drug-likeness (QED) is 0.393. The molecule has 0 spiro atoms. The van der Waals surface area contributed by atoms with E-state index >= 15 is 0 Å². The Morgan fingerprint density at radius 3 is 1.60 bits per heavy atom. The summed E-state index contributed by atoms with van der Waals surface area (Å²) in [5, 5.41) is 8.42. The largest absolute Gasteiger partial charge is 0.396 e. The molecule has 0 fully saturated rings. The molecule has 0 aromatic heterocycles. The van der Waals surface area contributed by atoms with Crippen molar-refractivity contribution in [1.29, 1.82) is 0 Å². The normalized spacial score (nSPS) is 9.87. The maximum atomic E-state index is 8.74. The predicted molar refractivity (Wildman–Crippen MR) is 54.6 cm³/mol. The van der Waals surface area contributed by atoms with Crippen LogP contribution in [0.2, 0.25) is 0 Å². The molecule has 0 saturated heterocycles. The van der Waals surface area contributed by atoms with Crippen LogP contribution in [-0.2, 0) is 29.9 Å². The molecule has 0 aromatic rings. The van der Waals surface area contributed by atoms with Gasteiger partial charge in [0.05, 0.1) is 0 Å². The Balaban J connectivity index is -0.000000208. The topological polar surface area (TPSA) is 94.8 Å². The fourth-order valence-electron chi connectivity index (χ4n) is 0.892. The van der Waals surface area contributed by atoms with Crippen LogP contribution in [-0.4, -0.2) is 29.2 Å². The van der Waals surface area contributed by atoms with Gasteiger partial charge in [0.1, 0.15) is 0 Å². The van der Waals surface area contributed by atoms with Crippen LogP contribution in [0.4, 0.5) is 0 Å². The van der Waals surface area contributed by atoms with Crippen LogP contribution < -0.4 is 0 Å². The zero-order chi connectivity index (χ0) is 11.4. The second kappa shape index (κ2) is 14.5. The summed E-state index contributed by atoms with van der Waals surface area (Å²) >= 11 is 0. The van der Waals surface area contributed by atoms with E-state index in [9.17, 15) is 0 Å². The van der Waals surface area contributed by atoms with Crippen molar-refractivity contribution in [2.75, 3.05) is 6.61 Å². The summed E-state index contributed by atoms with van der Waals surface area (Å²) in [5.41, 5.74) is 0. The summed E-state index contributed by atoms with van der Waals surface area (Å²) in [6.45, 7) is 2.58. The Morgan fingerprint density at radius 2 is 1.27 bits per heavy atom. The molecule has 0 heterocycles. The third kappa shape index (κ3) is 53.8. The average Bonchev–Trinajstić information content (AvgIpc) is 2.01. The van der Waals surface area contributed by atoms with Crippen molar-refractivity contribution in [2.24, 2.45) is 0 Å². The number of hydrogen-bond acceptors (Lipinski definition) is 3. The van der Waals surface area contributed by atoms with Gasteiger partial charge in [0.2, 0.25) is 0 Å². The van der Waals surface area contributed by atoms with Gasteiger partial charge < -0.3 is 5.11 Å². The first-order valence-corrected chi connectivity index (χ1v) is 6.12. The predicted octanol–water partition coefficient (Wildman–Crippen LogP) is 1.68. The van der Waals surface area contributed by atoms with E-state index < -0.39 is 10.4 Å². The van der Waals surface area contributed by atoms with Crippen LogP contribution in [0.25, 0.3) is 0 Å². The summed E-state index contributed by atoms with van der Waals surface area (Å²) in [5.74, 6) is 0. The summed E-state index contributed by atoms with van der Waals surface area (Å²) in [6.07, 6.45) is 7.50. The van der Waals surface area contributed by atoms with Gasteiger partial charge in [0, 0.05) is 26.1 Å². The van der Waals surface area contributed by atoms with Gasteiger partial charge in [0.25, 0.3) is 0 Å². The third-order valence-electron chi connectivity index (χ3n) is 1.51. The molecular formula is C8H20O5SZn. The van der Waals surface area contributed by atoms with E-state index in [0.717, 1.165) is 6.42 Å². The number of rotatable bonds is 6. The van der Waals surface area contributed by atoms with E-state index in [4.69, 9.17) is 22.6 Å². The van der Waals surface area contributed by atoms with Gasteiger partial charge in [-0.2, -0.15) is 8.42 Å². The van der Waals surface area contributed by atoms with Crippen LogP contribution in [0, 0.1) is 0 Å². The Kier molecular flexibility index (Phi) is 20.1. The van der Waals surface area contributed by atoms with Gasteiger partial charge in [-0.05, 0) is 6.42 Å². The first-order chi connectivity index (χ1) is 6.41. The van der Waals surface area contributed by atoms with Gasteiger partial charge >= 0.3 is 10.4 Å². The molecule has 0 saturated carbocycles. The summed E-state index contributed by atoms with van der Waals surface area (Å²) in [6, 6.07) is 0. The molecule has 0 rings (SSSR count). The second-order valence-corrected chi connectivity index (χ2v) is 3.83. The molecule has 7 heteroatoms. The van der Waals surface area contributed by atoms with Gasteiger partial charge in [0.15, 0.2) is 0 Å². The van der Waals surface area contributed by atoms with E-state index in [2.05, 4.69) is 6.92 Å². The third-order valence-corrected chi connectivity index (χ3v) is 1.51. The summed E-state index contributed by atoms with van der Waals surface area (Å²) < 4.78 is 31.6. The van der Waals surface area contributed by atoms with Crippen molar-refractivity contribution in [3.8, 4) is 0 Å². The number of aliphatic hydroxyl groups excluding tert-OH is 1. The van der Waals surface area contributed by atoms with Gasteiger partial charge in [-0.25, -0.2) is 0 Å². The van der Waals surface area contributed by atoms with Crippen molar-refractivity contribution in [3.63, 3.8) is 0 Å². The minimum Gasteiger partial charge on any atom is -0.396 e. The zero-order valence-corrected chi connectivity index (χ0v) is 13.0. The number of hydrogen-bond donors (Lipinski definition) is 3. The minimum atomic E-state index is -4.67. The fourth-order valence-corrected chi connectivity index (χ4v) is 0.892. The Bertz CT molecular complexity index is 179. The first-order valence-electron chi connectivity index (χ1n) is 4.72. The molecule has 0 amide bonds. The van der Waals surface area contributed by atoms with Crippen LogP contribution in [0.15, 0.2) is 0 Å². The molecule has 0 aliphatic carbocycles. The minimum absolute atomic E-state index is 0. The summed E-state index contributed by atoms with van der Waals surface area (Å²) in [4.78, 5) is 0. The number of unbranched alkanes of at least 4 members (excludes halogenated alkanes) is 5. The molecular weight excluding hydrogens is 274 g/mol. The first kappa shape index (κ1) is 20.8. The van der Waals surface area contributed by atoms with Crippen molar-refractivity contribution in [1.82, 2.24) is 0 Å². The van der Waals surface area contributed by atoms with E-state index in [-0.39, 0.29) is 19.5 Å². The molecule has 0 aliphatic heterocycles. The van der Waals surface area contributed by atoms with Crippen molar-refractivity contribution < 1.29 is 42.1 Å². The molecule has 0 unspecified atom stereocenters. The van der Waals surface area contributed by atoms with E-state index in [1.807, 2.05) is 0 Å². The molecule has 3 N–H and O–H groups in total. The van der Waals surface area contributed by atoms with Crippen LogP contribution >= 0.6 is 0 Å². The van der Waals surface area contributed by atoms with Crippen LogP contribution in [0.3, 0.4) is 0 Å². The van der Waals surface area contributed by atoms with Gasteiger partial charge in [-0.1, -0.05) is 39.0 Å². The van der Waals surface area contributed by atoms with Crippen molar-refractivity contribution in [3.05, 3.63) is 0 Å². The molecule has 0 atom stereocenters. The molecule has 0 bridgehead atoms. The Labute approximate surface area is 105 Å². The Morgan fingerprint density at radius 1 is 0.933 bits per heavy atom. The molecule has 0 aromatic carbocycles. The zero-order valence-electron chi connectivity index (χ0n) is 9.22. The fraction of sp³-hybridized carbons (Fsp3) is 1.00. The van der Waals surface area contributed by atoms with E-state index in [0.29, 0.717) is 6.61 Å². The SMILES string of the molecule is CCCCCCCCO.O=S(=O)(O)O.[Zn]. The van der Waals surface area contributed by atoms with Crippen LogP contribution in [0.1, 0.15) is 45.4 Å². The average molecular weight is 294 g/mol. The van der Waals surface area contributed by atoms with Crippen LogP contribution in [0.5, 0.6) is 0 Å². The van der Waals surface area contributed by atoms with Crippen molar-refractivity contribution >= 4 is 10.4 Å². The van der Waals surface area contributed by atoms with Gasteiger partial charge in [-0.15, -0.1) is 0 Å². The van der Waals surface area contributed by atoms with E-state index in [1.165, 1.54) is 32.1 Å². The molecule has 5 nitrogen and oxygen atoms in total. The maximum Gasteiger partial charge on any atom is 0.394 e. The smallest absolute Gasteiger partial charge is 0.394 e. The maximum absolute atomic E-state index is 8.74. The monoisotopic (exact) mass is 292 g/mol. The molecule has 0 aliphatic rings. The summed E-state index contributed by atoms with van der Waals surface area (Å²) in [7, 11) is -4.67. The second-order valence-electron chi connectivity index (χ2n) is 2.94. The number of aliphatic hydroxyl groups is 1. The molecule has 15 heavy (non-hydrogen) atoms.